The lowest BCUT2D eigenvalue weighted by atomic mass is 9.85. The van der Waals surface area contributed by atoms with E-state index in [1.54, 1.807) is 10.8 Å². The second kappa shape index (κ2) is 5.73. The predicted octanol–water partition coefficient (Wildman–Crippen LogP) is 17.0. The Kier molecular flexibility index (Phi) is 2.17. The summed E-state index contributed by atoms with van der Waals surface area (Å²) in [6, 6.07) is 0.0661. The molecule has 0 aliphatic carbocycles. The lowest BCUT2D eigenvalue weighted by Gasteiger charge is -2.23. The molecule has 30 aromatic rings. The molecule has 0 saturated heterocycles. The van der Waals surface area contributed by atoms with Crippen molar-refractivity contribution < 1.29 is 0 Å². The molecule has 0 amide bonds. The molecule has 0 atom stereocenters. The molecule has 0 aliphatic heterocycles. The van der Waals surface area contributed by atoms with E-state index in [0.717, 1.165) is 47.2 Å². The summed E-state index contributed by atoms with van der Waals surface area (Å²) in [5.74, 6) is 0. The third-order valence-electron chi connectivity index (χ3n) is 22.4. The van der Waals surface area contributed by atoms with E-state index in [9.17, 15) is 0 Å². The van der Waals surface area contributed by atoms with Crippen molar-refractivity contribution in [3.8, 4) is 0 Å². The molecule has 2 aromatic heterocycles. The minimum Gasteiger partial charge on any atom is -0.292 e. The van der Waals surface area contributed by atoms with Gasteiger partial charge in [-0.15, -0.1) is 22.9 Å². The first-order valence-corrected chi connectivity index (χ1v) is 24.9. The van der Waals surface area contributed by atoms with E-state index < -0.39 is 0 Å². The topological polar surface area (TPSA) is 39.1 Å². The third-order valence-corrected chi connectivity index (χ3v) is 23.8. The largest absolute Gasteiger partial charge is 0.292 e. The smallest absolute Gasteiger partial charge is 0.260 e. The van der Waals surface area contributed by atoms with Crippen molar-refractivity contribution in [3.05, 3.63) is 20.6 Å². The molecule has 0 spiro atoms. The van der Waals surface area contributed by atoms with Crippen molar-refractivity contribution >= 4 is 334 Å². The van der Waals surface area contributed by atoms with Gasteiger partial charge in [0.1, 0.15) is 6.00 Å². The molecule has 0 radical (unpaired) electrons. The third kappa shape index (κ3) is 1.36. The van der Waals surface area contributed by atoms with Crippen LogP contribution in [0, 0.1) is 0 Å². The Morgan fingerprint density at radius 3 is 0.773 bits per heavy atom. The van der Waals surface area contributed by atoms with E-state index in [1.807, 2.05) is 15.9 Å². The van der Waals surface area contributed by atoms with Gasteiger partial charge in [0.05, 0.1) is 15.6 Å². The van der Waals surface area contributed by atoms with Gasteiger partial charge in [-0.2, -0.15) is 0 Å². The maximum absolute atomic E-state index is 16.7. The summed E-state index contributed by atoms with van der Waals surface area (Å²) in [6.07, 6.45) is 0. The van der Waals surface area contributed by atoms with E-state index in [1.165, 1.54) is 253 Å². The molecule has 0 bridgehead atoms. The molecule has 3 nitrogen and oxygen atoms in total. The summed E-state index contributed by atoms with van der Waals surface area (Å²) in [4.78, 5) is 33.2. The Labute approximate surface area is 363 Å². The number of hydrogen-bond donors (Lipinski definition) is 0. The van der Waals surface area contributed by atoms with Crippen LogP contribution in [-0.2, 0) is 6.00 Å². The van der Waals surface area contributed by atoms with Crippen molar-refractivity contribution in [1.29, 1.82) is 0 Å². The van der Waals surface area contributed by atoms with Gasteiger partial charge in [0.15, 0.2) is 5.43 Å². The van der Waals surface area contributed by atoms with Crippen LogP contribution in [0.25, 0.3) is 311 Å². The number of halogens is 1. The van der Waals surface area contributed by atoms with Gasteiger partial charge in [0, 0.05) is 296 Å². The summed E-state index contributed by atoms with van der Waals surface area (Å²) in [7, 11) is 0. The van der Waals surface area contributed by atoms with Gasteiger partial charge < -0.3 is 0 Å². The Morgan fingerprint density at radius 2 is 0.455 bits per heavy atom. The number of aromatic nitrogens is 1. The van der Waals surface area contributed by atoms with Gasteiger partial charge in [-0.1, -0.05) is 0 Å². The fourth-order valence-electron chi connectivity index (χ4n) is 21.9. The first-order chi connectivity index (χ1) is 32.8. The summed E-state index contributed by atoms with van der Waals surface area (Å²) in [5.41, 5.74) is 1.17. The van der Waals surface area contributed by atoms with Crippen molar-refractivity contribution in [2.75, 3.05) is 0 Å². The molecular formula is C61H2ClNO2S. The van der Waals surface area contributed by atoms with Crippen LogP contribution in [0.4, 0.5) is 0 Å². The summed E-state index contributed by atoms with van der Waals surface area (Å²) in [6.45, 7) is 0. The predicted molar refractivity (Wildman–Crippen MR) is 284 cm³/mol. The number of rotatable bonds is 1. The van der Waals surface area contributed by atoms with E-state index >= 15 is 9.59 Å². The molecule has 0 N–H and O–H groups in total. The van der Waals surface area contributed by atoms with Crippen molar-refractivity contribution in [2.24, 2.45) is 0 Å². The van der Waals surface area contributed by atoms with E-state index in [0.29, 0.717) is 0 Å². The highest BCUT2D eigenvalue weighted by Gasteiger charge is 2.49. The quantitative estimate of drug-likeness (QED) is 0.0938. The first-order valence-electron chi connectivity index (χ1n) is 23.6. The Hall–Kier alpha value is -7.89. The Balaban J connectivity index is 1.33. The zero-order valence-corrected chi connectivity index (χ0v) is 34.3. The lowest BCUT2D eigenvalue weighted by molar-refractivity contribution is 0.891. The Bertz CT molecular complexity index is 7580. The average Bonchev–Trinajstić information content (AvgIpc) is 4.20. The van der Waals surface area contributed by atoms with Crippen LogP contribution >= 0.6 is 22.9 Å². The van der Waals surface area contributed by atoms with E-state index in [-0.39, 0.29) is 17.0 Å². The number of benzene rings is 18. The van der Waals surface area contributed by atoms with Crippen molar-refractivity contribution in [2.45, 2.75) is 6.00 Å². The molecule has 276 valence electrons. The first kappa shape index (κ1) is 25.0. The maximum Gasteiger partial charge on any atom is 0.260 e. The van der Waals surface area contributed by atoms with Gasteiger partial charge in [0.25, 0.3) is 5.56 Å². The average molecular weight is 848 g/mol. The normalized spacial score (nSPS) is 17.0. The van der Waals surface area contributed by atoms with Crippen LogP contribution in [0.2, 0.25) is 0 Å². The summed E-state index contributed by atoms with van der Waals surface area (Å²) >= 11 is 9.17. The molecule has 28 aromatic carbocycles. The molecule has 0 aliphatic rings. The highest BCUT2D eigenvalue weighted by atomic mass is 35.5. The van der Waals surface area contributed by atoms with E-state index in [2.05, 4.69) is 0 Å². The molecule has 66 heavy (non-hydrogen) atoms. The summed E-state index contributed by atoms with van der Waals surface area (Å²) in [5, 5.41) is 75.6. The number of fused-ring (bicyclic) bond motifs is 5. The van der Waals surface area contributed by atoms with Gasteiger partial charge in [0.2, 0.25) is 0 Å². The standard InChI is InChI=1S/C61H2ClNO2S/c62-1-63-57-51-42-33-26-16-10-4-5-3-2-6-7(4)13-19-12(6)18-14-8(2)15-9(3)20-21(11(5)16)31-37(26)46(42)54-50-40(31)30(20)36-24(15)25-23(14)35-28(18)34-29(19)38-32-22(13)17(10)27(33)39(32)49(51)55(61(63)65)47(38)43(34)52-44(35)48-41(25)45(36)53(50)59(66-60(54)57)56(48)58(52)64/h1H2. The molecule has 0 saturated carbocycles. The lowest BCUT2D eigenvalue weighted by Crippen LogP contribution is -2.20. The highest BCUT2D eigenvalue weighted by molar-refractivity contribution is 7.27. The number of pyridine rings is 1. The van der Waals surface area contributed by atoms with Crippen molar-refractivity contribution in [3.63, 3.8) is 0 Å². The zero-order valence-electron chi connectivity index (χ0n) is 32.8. The Morgan fingerprint density at radius 1 is 0.242 bits per heavy atom. The molecular weight excluding hydrogens is 846 g/mol. The molecule has 5 heteroatoms. The minimum absolute atomic E-state index is 0.000231. The van der Waals surface area contributed by atoms with Crippen LogP contribution in [0.3, 0.4) is 0 Å². The highest BCUT2D eigenvalue weighted by Crippen LogP contribution is 2.78. The fraction of sp³-hybridized carbons (Fsp3) is 0.0164. The second-order valence-electron chi connectivity index (χ2n) is 22.9. The van der Waals surface area contributed by atoms with Crippen LogP contribution < -0.4 is 11.0 Å². The van der Waals surface area contributed by atoms with Crippen LogP contribution in [0.1, 0.15) is 0 Å². The second-order valence-corrected chi connectivity index (χ2v) is 24.2. The summed E-state index contributed by atoms with van der Waals surface area (Å²) < 4.78 is 4.25. The fourth-order valence-corrected chi connectivity index (χ4v) is 23.5. The molecule has 0 fully saturated rings. The van der Waals surface area contributed by atoms with Crippen LogP contribution in [-0.4, -0.2) is 4.57 Å². The van der Waals surface area contributed by atoms with Crippen LogP contribution in [0.5, 0.6) is 0 Å². The SMILES string of the molecule is O=c1c2c3sc4c5c6c3c3c7c2c2c1c1c8c9c(=O)n(CCl)c4c4c9c9c%10c8c8c1c1c2c2c7c7c3c3c6c6c%11c5c4c4c9c5c%10c9c8c8c1c2c1c7c2c3c6c3c6c(c5c3c%114)c9c8c1c26. The number of nitrogens with zero attached hydrogens (tertiary/aromatic N) is 1. The van der Waals surface area contributed by atoms with Crippen molar-refractivity contribution in [1.82, 2.24) is 4.57 Å². The van der Waals surface area contributed by atoms with E-state index in [4.69, 9.17) is 11.6 Å². The monoisotopic (exact) mass is 847 g/mol. The molecule has 0 unspecified atom stereocenters. The number of hydrogen-bond acceptors (Lipinski definition) is 3. The number of alkyl halides is 1. The minimum atomic E-state index is 0.000231. The van der Waals surface area contributed by atoms with Gasteiger partial charge >= 0.3 is 0 Å². The van der Waals surface area contributed by atoms with Crippen LogP contribution in [0.15, 0.2) is 9.59 Å². The molecule has 30 rings (SSSR count). The molecule has 2 heterocycles. The zero-order chi connectivity index (χ0) is 39.6. The van der Waals surface area contributed by atoms with Gasteiger partial charge in [-0.05, 0) is 0 Å². The maximum atomic E-state index is 16.7. The van der Waals surface area contributed by atoms with Gasteiger partial charge in [-0.3, -0.25) is 14.2 Å². The van der Waals surface area contributed by atoms with Gasteiger partial charge in [-0.25, -0.2) is 0 Å².